The summed E-state index contributed by atoms with van der Waals surface area (Å²) in [6.45, 7) is 1.97. The first-order chi connectivity index (χ1) is 12.0. The molecule has 0 aliphatic carbocycles. The third-order valence-electron chi connectivity index (χ3n) is 3.42. The summed E-state index contributed by atoms with van der Waals surface area (Å²) >= 11 is 0. The number of hydrogen-bond donors (Lipinski definition) is 2. The van der Waals surface area contributed by atoms with E-state index in [0.717, 1.165) is 23.4 Å². The molecule has 3 rings (SSSR count). The molecule has 126 valence electrons. The van der Waals surface area contributed by atoms with Crippen LogP contribution in [-0.2, 0) is 0 Å². The molecule has 0 fully saturated rings. The molecule has 3 aromatic rings. The van der Waals surface area contributed by atoms with Crippen molar-refractivity contribution in [3.63, 3.8) is 0 Å². The number of aromatic nitrogens is 3. The quantitative estimate of drug-likeness (QED) is 0.712. The van der Waals surface area contributed by atoms with Crippen LogP contribution in [-0.4, -0.2) is 26.8 Å². The lowest BCUT2D eigenvalue weighted by Crippen LogP contribution is -2.41. The first-order valence-corrected chi connectivity index (χ1v) is 7.38. The summed E-state index contributed by atoms with van der Waals surface area (Å²) in [4.78, 5) is 23.9. The normalized spacial score (nSPS) is 10.3. The Labute approximate surface area is 142 Å². The van der Waals surface area contributed by atoms with Gasteiger partial charge in [0, 0.05) is 5.56 Å². The predicted molar refractivity (Wildman–Crippen MR) is 87.4 cm³/mol. The van der Waals surface area contributed by atoms with Gasteiger partial charge in [0.2, 0.25) is 0 Å². The van der Waals surface area contributed by atoms with Gasteiger partial charge < -0.3 is 0 Å². The number of rotatable bonds is 3. The second-order valence-corrected chi connectivity index (χ2v) is 5.30. The highest BCUT2D eigenvalue weighted by Gasteiger charge is 2.13. The molecule has 0 saturated carbocycles. The summed E-state index contributed by atoms with van der Waals surface area (Å²) in [5.74, 6) is -1.64. The lowest BCUT2D eigenvalue weighted by atomic mass is 10.2. The van der Waals surface area contributed by atoms with Crippen LogP contribution < -0.4 is 10.9 Å². The van der Waals surface area contributed by atoms with Gasteiger partial charge in [-0.1, -0.05) is 22.9 Å². The van der Waals surface area contributed by atoms with Crippen LogP contribution in [0.5, 0.6) is 0 Å². The molecule has 2 N–H and O–H groups in total. The molecule has 0 spiro atoms. The number of amides is 2. The van der Waals surface area contributed by atoms with Crippen molar-refractivity contribution >= 4 is 11.8 Å². The van der Waals surface area contributed by atoms with Gasteiger partial charge in [-0.25, -0.2) is 9.07 Å². The van der Waals surface area contributed by atoms with E-state index in [4.69, 9.17) is 0 Å². The Morgan fingerprint density at radius 2 is 1.60 bits per heavy atom. The van der Waals surface area contributed by atoms with Crippen LogP contribution in [0.4, 0.5) is 4.39 Å². The molecule has 2 amide bonds. The van der Waals surface area contributed by atoms with Gasteiger partial charge in [0.15, 0.2) is 5.69 Å². The standard InChI is InChI=1S/C17H14FN5O2/c1-11-2-8-14(9-3-11)23-10-15(19-22-23)17(25)21-20-16(24)12-4-6-13(18)7-5-12/h2-10H,1H3,(H,20,24)(H,21,25). The van der Waals surface area contributed by atoms with E-state index in [-0.39, 0.29) is 11.3 Å². The van der Waals surface area contributed by atoms with E-state index in [1.54, 1.807) is 0 Å². The molecule has 0 saturated heterocycles. The van der Waals surface area contributed by atoms with Crippen molar-refractivity contribution in [2.45, 2.75) is 6.92 Å². The van der Waals surface area contributed by atoms with Crippen molar-refractivity contribution in [3.8, 4) is 5.69 Å². The Kier molecular flexibility index (Phi) is 4.51. The van der Waals surface area contributed by atoms with Gasteiger partial charge in [-0.3, -0.25) is 20.4 Å². The Balaban J connectivity index is 1.63. The number of carbonyl (C=O) groups excluding carboxylic acids is 2. The van der Waals surface area contributed by atoms with Crippen LogP contribution in [0.15, 0.2) is 54.7 Å². The summed E-state index contributed by atoms with van der Waals surface area (Å²) < 4.78 is 14.3. The number of nitrogens with one attached hydrogen (secondary N) is 2. The first-order valence-electron chi connectivity index (χ1n) is 7.38. The maximum Gasteiger partial charge on any atom is 0.291 e. The summed E-state index contributed by atoms with van der Waals surface area (Å²) in [6.07, 6.45) is 1.45. The maximum absolute atomic E-state index is 12.8. The minimum absolute atomic E-state index is 0.0416. The van der Waals surface area contributed by atoms with Gasteiger partial charge in [0.1, 0.15) is 5.82 Å². The van der Waals surface area contributed by atoms with E-state index in [0.29, 0.717) is 0 Å². The number of halogens is 1. The summed E-state index contributed by atoms with van der Waals surface area (Å²) in [5.41, 5.74) is 6.59. The molecule has 0 radical (unpaired) electrons. The van der Waals surface area contributed by atoms with Crippen LogP contribution >= 0.6 is 0 Å². The fourth-order valence-corrected chi connectivity index (χ4v) is 2.04. The lowest BCUT2D eigenvalue weighted by molar-refractivity contribution is 0.0844. The molecule has 1 aromatic heterocycles. The van der Waals surface area contributed by atoms with Crippen molar-refractivity contribution in [2.75, 3.05) is 0 Å². The van der Waals surface area contributed by atoms with Crippen LogP contribution in [0.1, 0.15) is 26.4 Å². The fraction of sp³-hybridized carbons (Fsp3) is 0.0588. The molecule has 0 unspecified atom stereocenters. The molecule has 0 atom stereocenters. The Hall–Kier alpha value is -3.55. The number of carbonyl (C=O) groups is 2. The molecule has 1 heterocycles. The molecule has 25 heavy (non-hydrogen) atoms. The molecule has 0 bridgehead atoms. The average Bonchev–Trinajstić information content (AvgIpc) is 3.11. The zero-order chi connectivity index (χ0) is 17.8. The minimum atomic E-state index is -0.617. The Morgan fingerprint density at radius 1 is 0.960 bits per heavy atom. The van der Waals surface area contributed by atoms with Gasteiger partial charge in [0.05, 0.1) is 11.9 Å². The predicted octanol–water partition coefficient (Wildman–Crippen LogP) is 1.79. The topological polar surface area (TPSA) is 88.9 Å². The minimum Gasteiger partial charge on any atom is -0.267 e. The van der Waals surface area contributed by atoms with Gasteiger partial charge in [-0.2, -0.15) is 0 Å². The molecule has 0 aliphatic heterocycles. The van der Waals surface area contributed by atoms with E-state index < -0.39 is 17.6 Å². The van der Waals surface area contributed by atoms with Gasteiger partial charge >= 0.3 is 0 Å². The van der Waals surface area contributed by atoms with Crippen LogP contribution in [0.25, 0.3) is 5.69 Å². The van der Waals surface area contributed by atoms with Gasteiger partial charge in [0.25, 0.3) is 11.8 Å². The zero-order valence-corrected chi connectivity index (χ0v) is 13.2. The van der Waals surface area contributed by atoms with Crippen LogP contribution in [0.2, 0.25) is 0 Å². The summed E-state index contributed by atoms with van der Waals surface area (Å²) in [6, 6.07) is 12.5. The smallest absolute Gasteiger partial charge is 0.267 e. The SMILES string of the molecule is Cc1ccc(-n2cc(C(=O)NNC(=O)c3ccc(F)cc3)nn2)cc1. The van der Waals surface area contributed by atoms with Crippen molar-refractivity contribution in [1.29, 1.82) is 0 Å². The van der Waals surface area contributed by atoms with Crippen molar-refractivity contribution < 1.29 is 14.0 Å². The monoisotopic (exact) mass is 339 g/mol. The van der Waals surface area contributed by atoms with Crippen molar-refractivity contribution in [2.24, 2.45) is 0 Å². The Bertz CT molecular complexity index is 904. The number of nitrogens with zero attached hydrogens (tertiary/aromatic N) is 3. The van der Waals surface area contributed by atoms with E-state index >= 15 is 0 Å². The molecule has 0 aliphatic rings. The summed E-state index contributed by atoms with van der Waals surface area (Å²) in [7, 11) is 0. The highest BCUT2D eigenvalue weighted by molar-refractivity contribution is 5.98. The number of benzene rings is 2. The Morgan fingerprint density at radius 3 is 2.28 bits per heavy atom. The molecule has 7 nitrogen and oxygen atoms in total. The third-order valence-corrected chi connectivity index (χ3v) is 3.42. The fourth-order valence-electron chi connectivity index (χ4n) is 2.04. The molecule has 8 heteroatoms. The highest BCUT2D eigenvalue weighted by Crippen LogP contribution is 2.08. The largest absolute Gasteiger partial charge is 0.291 e. The molecular weight excluding hydrogens is 325 g/mol. The van der Waals surface area contributed by atoms with Crippen LogP contribution in [0, 0.1) is 12.7 Å². The second kappa shape index (κ2) is 6.91. The van der Waals surface area contributed by atoms with Gasteiger partial charge in [-0.05, 0) is 43.3 Å². The molecular formula is C17H14FN5O2. The zero-order valence-electron chi connectivity index (χ0n) is 13.2. The van der Waals surface area contributed by atoms with Crippen LogP contribution in [0.3, 0.4) is 0 Å². The maximum atomic E-state index is 12.8. The molecule has 2 aromatic carbocycles. The second-order valence-electron chi connectivity index (χ2n) is 5.30. The van der Waals surface area contributed by atoms with E-state index in [1.165, 1.54) is 23.0 Å². The van der Waals surface area contributed by atoms with E-state index in [1.807, 2.05) is 31.2 Å². The number of hydrazine groups is 1. The first kappa shape index (κ1) is 16.3. The van der Waals surface area contributed by atoms with E-state index in [2.05, 4.69) is 21.2 Å². The average molecular weight is 339 g/mol. The summed E-state index contributed by atoms with van der Waals surface area (Å²) in [5, 5.41) is 7.66. The third kappa shape index (κ3) is 3.86. The number of aryl methyl sites for hydroxylation is 1. The number of hydrogen-bond acceptors (Lipinski definition) is 4. The highest BCUT2D eigenvalue weighted by atomic mass is 19.1. The van der Waals surface area contributed by atoms with Crippen molar-refractivity contribution in [1.82, 2.24) is 25.8 Å². The van der Waals surface area contributed by atoms with Crippen molar-refractivity contribution in [3.05, 3.63) is 77.4 Å². The lowest BCUT2D eigenvalue weighted by Gasteiger charge is -2.05. The van der Waals surface area contributed by atoms with E-state index in [9.17, 15) is 14.0 Å². The van der Waals surface area contributed by atoms with Gasteiger partial charge in [-0.15, -0.1) is 5.10 Å².